The molecule has 7 heteroatoms. The standard InChI is InChI=1S/C18H21BrN2O4/c1-3-25-16(24)12-10-17(12)6-8-18(9-7-17)20-13(22)5-4-11(2)14(20)15(23)21(18)19/h4-5,12H,3,6-10H2,1-2H3. The summed E-state index contributed by atoms with van der Waals surface area (Å²) in [4.78, 5) is 37.3. The Morgan fingerprint density at radius 2 is 1.96 bits per heavy atom. The molecule has 1 atom stereocenters. The van der Waals surface area contributed by atoms with Crippen molar-refractivity contribution in [1.82, 2.24) is 8.49 Å². The minimum absolute atomic E-state index is 0.00935. The molecule has 2 fully saturated rings. The van der Waals surface area contributed by atoms with Gasteiger partial charge in [-0.05, 0) is 56.9 Å². The van der Waals surface area contributed by atoms with Crippen LogP contribution in [0.5, 0.6) is 0 Å². The molecule has 0 saturated heterocycles. The molecule has 134 valence electrons. The minimum atomic E-state index is -0.664. The van der Waals surface area contributed by atoms with Gasteiger partial charge in [-0.3, -0.25) is 19.0 Å². The molecule has 0 N–H and O–H groups in total. The first-order chi connectivity index (χ1) is 11.9. The number of aromatic nitrogens is 1. The first kappa shape index (κ1) is 16.8. The van der Waals surface area contributed by atoms with Crippen LogP contribution < -0.4 is 5.56 Å². The SMILES string of the molecule is CCOC(=O)C1CC12CCC1(CC2)N(Br)C(=O)c2c(C)ccc(=O)n21. The zero-order valence-electron chi connectivity index (χ0n) is 14.4. The molecule has 3 aliphatic rings. The lowest BCUT2D eigenvalue weighted by Gasteiger charge is -2.42. The monoisotopic (exact) mass is 408 g/mol. The van der Waals surface area contributed by atoms with Gasteiger partial charge in [-0.15, -0.1) is 0 Å². The molecular formula is C18H21BrN2O4. The fourth-order valence-corrected chi connectivity index (χ4v) is 5.41. The van der Waals surface area contributed by atoms with Gasteiger partial charge in [-0.25, -0.2) is 3.93 Å². The topological polar surface area (TPSA) is 68.6 Å². The van der Waals surface area contributed by atoms with Crippen LogP contribution in [-0.2, 0) is 15.2 Å². The van der Waals surface area contributed by atoms with Crippen molar-refractivity contribution in [2.24, 2.45) is 11.3 Å². The predicted molar refractivity (Wildman–Crippen MR) is 94.2 cm³/mol. The number of amides is 1. The summed E-state index contributed by atoms with van der Waals surface area (Å²) in [6, 6.07) is 3.23. The van der Waals surface area contributed by atoms with Crippen LogP contribution in [0.4, 0.5) is 0 Å². The molecule has 2 heterocycles. The van der Waals surface area contributed by atoms with Crippen LogP contribution in [-0.4, -0.2) is 27.0 Å². The lowest BCUT2D eigenvalue weighted by atomic mass is 9.78. The molecule has 1 aliphatic heterocycles. The Bertz CT molecular complexity index is 823. The maximum Gasteiger partial charge on any atom is 0.309 e. The molecular weight excluding hydrogens is 388 g/mol. The number of halogens is 1. The number of fused-ring (bicyclic) bond motifs is 2. The highest BCUT2D eigenvalue weighted by Crippen LogP contribution is 2.65. The normalized spacial score (nSPS) is 33.0. The van der Waals surface area contributed by atoms with Gasteiger partial charge >= 0.3 is 5.97 Å². The summed E-state index contributed by atoms with van der Waals surface area (Å²) in [6.45, 7) is 4.08. The number of aryl methyl sites for hydroxylation is 1. The lowest BCUT2D eigenvalue weighted by Crippen LogP contribution is -2.48. The van der Waals surface area contributed by atoms with Crippen LogP contribution in [0.2, 0.25) is 0 Å². The van der Waals surface area contributed by atoms with Crippen LogP contribution in [0.1, 0.15) is 55.1 Å². The van der Waals surface area contributed by atoms with Gasteiger partial charge in [0.1, 0.15) is 11.4 Å². The zero-order chi connectivity index (χ0) is 18.0. The van der Waals surface area contributed by atoms with Crippen LogP contribution >= 0.6 is 16.1 Å². The number of carbonyl (C=O) groups excluding carboxylic acids is 2. The van der Waals surface area contributed by atoms with E-state index in [0.29, 0.717) is 25.1 Å². The molecule has 2 aliphatic carbocycles. The van der Waals surface area contributed by atoms with E-state index in [1.807, 2.05) is 13.8 Å². The number of pyridine rings is 1. The smallest absolute Gasteiger partial charge is 0.309 e. The Morgan fingerprint density at radius 3 is 2.60 bits per heavy atom. The van der Waals surface area contributed by atoms with Crippen molar-refractivity contribution in [2.75, 3.05) is 6.61 Å². The Hall–Kier alpha value is -1.63. The van der Waals surface area contributed by atoms with Crippen LogP contribution in [0, 0.1) is 18.3 Å². The highest BCUT2D eigenvalue weighted by Gasteiger charge is 2.64. The summed E-state index contributed by atoms with van der Waals surface area (Å²) in [5.41, 5.74) is 0.456. The third kappa shape index (κ3) is 2.17. The van der Waals surface area contributed by atoms with E-state index in [-0.39, 0.29) is 28.8 Å². The summed E-state index contributed by atoms with van der Waals surface area (Å²) in [5, 5.41) is 0. The Labute approximate surface area is 154 Å². The molecule has 0 bridgehead atoms. The molecule has 1 aromatic rings. The number of hydrogen-bond donors (Lipinski definition) is 0. The van der Waals surface area contributed by atoms with Crippen molar-refractivity contribution >= 4 is 28.0 Å². The maximum atomic E-state index is 12.7. The third-order valence-corrected chi connectivity index (χ3v) is 7.25. The predicted octanol–water partition coefficient (Wildman–Crippen LogP) is 2.72. The van der Waals surface area contributed by atoms with Crippen molar-refractivity contribution in [1.29, 1.82) is 0 Å². The largest absolute Gasteiger partial charge is 0.466 e. The van der Waals surface area contributed by atoms with Gasteiger partial charge in [0, 0.05) is 6.07 Å². The molecule has 1 aromatic heterocycles. The zero-order valence-corrected chi connectivity index (χ0v) is 16.0. The maximum absolute atomic E-state index is 12.7. The van der Waals surface area contributed by atoms with Gasteiger partial charge in [0.05, 0.1) is 28.7 Å². The second kappa shape index (κ2) is 5.43. The molecule has 25 heavy (non-hydrogen) atoms. The molecule has 4 rings (SSSR count). The molecule has 0 aromatic carbocycles. The summed E-state index contributed by atoms with van der Waals surface area (Å²) < 4.78 is 8.39. The average Bonchev–Trinajstić information content (AvgIpc) is 3.26. The van der Waals surface area contributed by atoms with E-state index in [4.69, 9.17) is 4.74 Å². The number of nitrogens with zero attached hydrogens (tertiary/aromatic N) is 2. The second-order valence-corrected chi connectivity index (χ2v) is 8.19. The summed E-state index contributed by atoms with van der Waals surface area (Å²) in [7, 11) is 0. The molecule has 1 amide bonds. The van der Waals surface area contributed by atoms with Gasteiger partial charge in [-0.2, -0.15) is 0 Å². The minimum Gasteiger partial charge on any atom is -0.466 e. The van der Waals surface area contributed by atoms with E-state index in [1.54, 1.807) is 14.6 Å². The van der Waals surface area contributed by atoms with Crippen LogP contribution in [0.25, 0.3) is 0 Å². The number of rotatable bonds is 2. The summed E-state index contributed by atoms with van der Waals surface area (Å²) in [6.07, 6.45) is 3.80. The summed E-state index contributed by atoms with van der Waals surface area (Å²) in [5.74, 6) is -0.298. The molecule has 2 saturated carbocycles. The van der Waals surface area contributed by atoms with Gasteiger partial charge < -0.3 is 4.74 Å². The first-order valence-corrected chi connectivity index (χ1v) is 9.47. The molecule has 6 nitrogen and oxygen atoms in total. The number of esters is 1. The third-order valence-electron chi connectivity index (χ3n) is 6.26. The van der Waals surface area contributed by atoms with E-state index in [1.165, 1.54) is 6.07 Å². The van der Waals surface area contributed by atoms with Crippen molar-refractivity contribution in [3.05, 3.63) is 33.7 Å². The van der Waals surface area contributed by atoms with Crippen LogP contribution in [0.15, 0.2) is 16.9 Å². The van der Waals surface area contributed by atoms with Crippen molar-refractivity contribution < 1.29 is 14.3 Å². The summed E-state index contributed by atoms with van der Waals surface area (Å²) >= 11 is 3.43. The quantitative estimate of drug-likeness (QED) is 0.557. The Kier molecular flexibility index (Phi) is 3.65. The fraction of sp³-hybridized carbons (Fsp3) is 0.611. The highest BCUT2D eigenvalue weighted by molar-refractivity contribution is 9.07. The van der Waals surface area contributed by atoms with E-state index in [2.05, 4.69) is 16.1 Å². The van der Waals surface area contributed by atoms with Gasteiger partial charge in [-0.1, -0.05) is 6.07 Å². The van der Waals surface area contributed by atoms with E-state index >= 15 is 0 Å². The van der Waals surface area contributed by atoms with E-state index < -0.39 is 5.66 Å². The van der Waals surface area contributed by atoms with E-state index in [0.717, 1.165) is 24.8 Å². The first-order valence-electron chi connectivity index (χ1n) is 8.76. The number of hydrogen-bond acceptors (Lipinski definition) is 4. The second-order valence-electron chi connectivity index (χ2n) is 7.48. The lowest BCUT2D eigenvalue weighted by molar-refractivity contribution is -0.146. The van der Waals surface area contributed by atoms with Crippen molar-refractivity contribution in [2.45, 2.75) is 51.6 Å². The van der Waals surface area contributed by atoms with Crippen LogP contribution in [0.3, 0.4) is 0 Å². The van der Waals surface area contributed by atoms with E-state index in [9.17, 15) is 14.4 Å². The van der Waals surface area contributed by atoms with Gasteiger partial charge in [0.25, 0.3) is 11.5 Å². The molecule has 0 radical (unpaired) electrons. The van der Waals surface area contributed by atoms with Crippen molar-refractivity contribution in [3.63, 3.8) is 0 Å². The highest BCUT2D eigenvalue weighted by atomic mass is 79.9. The number of carbonyl (C=O) groups is 2. The van der Waals surface area contributed by atoms with Gasteiger partial charge in [0.2, 0.25) is 0 Å². The molecule has 2 spiro atoms. The Morgan fingerprint density at radius 1 is 1.28 bits per heavy atom. The average molecular weight is 409 g/mol. The molecule has 1 unspecified atom stereocenters. The van der Waals surface area contributed by atoms with Gasteiger partial charge in [0.15, 0.2) is 0 Å². The van der Waals surface area contributed by atoms with Crippen molar-refractivity contribution in [3.8, 4) is 0 Å². The fourth-order valence-electron chi connectivity index (χ4n) is 4.73. The Balaban J connectivity index is 1.65. The number of ether oxygens (including phenoxy) is 1.